The summed E-state index contributed by atoms with van der Waals surface area (Å²) in [6, 6.07) is 2.97. The third-order valence-corrected chi connectivity index (χ3v) is 4.45. The summed E-state index contributed by atoms with van der Waals surface area (Å²) >= 11 is 12.1. The fourth-order valence-electron chi connectivity index (χ4n) is 2.74. The second-order valence-electron chi connectivity index (χ2n) is 4.96. The average molecular weight is 306 g/mol. The molecule has 0 amide bonds. The van der Waals surface area contributed by atoms with Crippen LogP contribution in [0, 0.1) is 5.82 Å². The van der Waals surface area contributed by atoms with Crippen molar-refractivity contribution < 1.29 is 9.13 Å². The van der Waals surface area contributed by atoms with Crippen LogP contribution in [0.5, 0.6) is 0 Å². The van der Waals surface area contributed by atoms with Gasteiger partial charge in [0.25, 0.3) is 0 Å². The first-order chi connectivity index (χ1) is 9.04. The van der Waals surface area contributed by atoms with Crippen molar-refractivity contribution in [1.82, 2.24) is 5.32 Å². The molecule has 0 radical (unpaired) electrons. The molecule has 2 rings (SSSR count). The van der Waals surface area contributed by atoms with E-state index in [-0.39, 0.29) is 23.2 Å². The van der Waals surface area contributed by atoms with Crippen LogP contribution in [0.25, 0.3) is 0 Å². The molecule has 1 N–H and O–H groups in total. The molecule has 0 saturated heterocycles. The highest BCUT2D eigenvalue weighted by molar-refractivity contribution is 6.36. The van der Waals surface area contributed by atoms with Gasteiger partial charge in [-0.2, -0.15) is 0 Å². The quantitative estimate of drug-likeness (QED) is 0.835. The Hall–Kier alpha value is -0.350. The van der Waals surface area contributed by atoms with Crippen molar-refractivity contribution >= 4 is 23.2 Å². The van der Waals surface area contributed by atoms with E-state index in [9.17, 15) is 4.39 Å². The normalized spacial score (nSPS) is 24.7. The van der Waals surface area contributed by atoms with E-state index in [0.717, 1.165) is 19.3 Å². The van der Waals surface area contributed by atoms with Crippen molar-refractivity contribution in [3.05, 3.63) is 33.6 Å². The van der Waals surface area contributed by atoms with Crippen molar-refractivity contribution in [3.63, 3.8) is 0 Å². The van der Waals surface area contributed by atoms with Gasteiger partial charge in [-0.1, -0.05) is 23.2 Å². The van der Waals surface area contributed by atoms with Gasteiger partial charge in [0.2, 0.25) is 0 Å². The van der Waals surface area contributed by atoms with Gasteiger partial charge in [-0.05, 0) is 38.3 Å². The molecule has 0 aromatic heterocycles. The van der Waals surface area contributed by atoms with Gasteiger partial charge in [0.15, 0.2) is 0 Å². The van der Waals surface area contributed by atoms with Crippen molar-refractivity contribution in [2.45, 2.75) is 44.4 Å². The Kier molecular flexibility index (Phi) is 5.07. The van der Waals surface area contributed by atoms with Crippen LogP contribution < -0.4 is 5.32 Å². The van der Waals surface area contributed by atoms with Crippen LogP contribution in [0.2, 0.25) is 10.0 Å². The summed E-state index contributed by atoms with van der Waals surface area (Å²) in [6.07, 6.45) is 3.43. The zero-order chi connectivity index (χ0) is 14.0. The Labute approximate surface area is 123 Å². The number of halogens is 3. The standard InChI is InChI=1S/C14H18Cl2FNO/c1-8(18-11-4-3-5-12(11)19-2)13-9(15)6-7-10(17)14(13)16/h6-8,11-12,18H,3-5H2,1-2H3. The summed E-state index contributed by atoms with van der Waals surface area (Å²) in [5.41, 5.74) is 0.616. The number of hydrogen-bond acceptors (Lipinski definition) is 2. The molecule has 0 bridgehead atoms. The Morgan fingerprint density at radius 2 is 2.11 bits per heavy atom. The van der Waals surface area contributed by atoms with Gasteiger partial charge in [-0.15, -0.1) is 0 Å². The Bertz CT molecular complexity index is 455. The topological polar surface area (TPSA) is 21.3 Å². The highest BCUT2D eigenvalue weighted by Gasteiger charge is 2.29. The molecule has 0 heterocycles. The lowest BCUT2D eigenvalue weighted by Gasteiger charge is -2.25. The molecule has 2 nitrogen and oxygen atoms in total. The van der Waals surface area contributed by atoms with Crippen molar-refractivity contribution in [3.8, 4) is 0 Å². The first-order valence-electron chi connectivity index (χ1n) is 6.46. The molecule has 1 aromatic carbocycles. The van der Waals surface area contributed by atoms with E-state index in [4.69, 9.17) is 27.9 Å². The van der Waals surface area contributed by atoms with Crippen LogP contribution in [0.4, 0.5) is 4.39 Å². The molecule has 1 fully saturated rings. The van der Waals surface area contributed by atoms with Gasteiger partial charge in [-0.25, -0.2) is 4.39 Å². The van der Waals surface area contributed by atoms with E-state index in [0.29, 0.717) is 10.6 Å². The Morgan fingerprint density at radius 1 is 1.37 bits per heavy atom. The molecule has 19 heavy (non-hydrogen) atoms. The van der Waals surface area contributed by atoms with Crippen molar-refractivity contribution in [1.29, 1.82) is 0 Å². The number of benzene rings is 1. The van der Waals surface area contributed by atoms with E-state index in [1.54, 1.807) is 13.2 Å². The number of ether oxygens (including phenoxy) is 1. The minimum atomic E-state index is -0.440. The van der Waals surface area contributed by atoms with Crippen LogP contribution in [0.3, 0.4) is 0 Å². The zero-order valence-electron chi connectivity index (χ0n) is 11.1. The summed E-state index contributed by atoms with van der Waals surface area (Å²) in [5.74, 6) is -0.440. The molecule has 5 heteroatoms. The summed E-state index contributed by atoms with van der Waals surface area (Å²) in [5, 5.41) is 4.03. The third kappa shape index (κ3) is 3.22. The van der Waals surface area contributed by atoms with E-state index in [1.165, 1.54) is 6.07 Å². The summed E-state index contributed by atoms with van der Waals surface area (Å²) in [4.78, 5) is 0. The fraction of sp³-hybridized carbons (Fsp3) is 0.571. The van der Waals surface area contributed by atoms with Crippen LogP contribution in [-0.4, -0.2) is 19.3 Å². The average Bonchev–Trinajstić information content (AvgIpc) is 2.81. The predicted octanol–water partition coefficient (Wildman–Crippen LogP) is 4.35. The van der Waals surface area contributed by atoms with E-state index in [2.05, 4.69) is 5.32 Å². The molecule has 0 spiro atoms. The third-order valence-electron chi connectivity index (χ3n) is 3.73. The van der Waals surface area contributed by atoms with E-state index >= 15 is 0 Å². The largest absolute Gasteiger partial charge is 0.380 e. The molecule has 1 aromatic rings. The number of rotatable bonds is 4. The molecule has 3 atom stereocenters. The minimum Gasteiger partial charge on any atom is -0.380 e. The molecule has 106 valence electrons. The first-order valence-corrected chi connectivity index (χ1v) is 7.22. The van der Waals surface area contributed by atoms with Gasteiger partial charge in [0.1, 0.15) is 5.82 Å². The van der Waals surface area contributed by atoms with Crippen LogP contribution in [0.1, 0.15) is 37.8 Å². The lowest BCUT2D eigenvalue weighted by molar-refractivity contribution is 0.0820. The maximum absolute atomic E-state index is 13.5. The minimum absolute atomic E-state index is 0.0967. The fourth-order valence-corrected chi connectivity index (χ4v) is 3.44. The van der Waals surface area contributed by atoms with Gasteiger partial charge in [-0.3, -0.25) is 0 Å². The Morgan fingerprint density at radius 3 is 2.79 bits per heavy atom. The van der Waals surface area contributed by atoms with E-state index < -0.39 is 5.82 Å². The highest BCUT2D eigenvalue weighted by Crippen LogP contribution is 2.33. The van der Waals surface area contributed by atoms with Crippen LogP contribution >= 0.6 is 23.2 Å². The second-order valence-corrected chi connectivity index (χ2v) is 5.74. The van der Waals surface area contributed by atoms with Gasteiger partial charge >= 0.3 is 0 Å². The van der Waals surface area contributed by atoms with E-state index in [1.807, 2.05) is 6.92 Å². The molecule has 0 aliphatic heterocycles. The summed E-state index contributed by atoms with van der Waals surface area (Å²) in [6.45, 7) is 1.94. The molecule has 1 saturated carbocycles. The predicted molar refractivity (Wildman–Crippen MR) is 76.4 cm³/mol. The lowest BCUT2D eigenvalue weighted by Crippen LogP contribution is -2.38. The molecule has 1 aliphatic carbocycles. The molecular weight excluding hydrogens is 288 g/mol. The second kappa shape index (κ2) is 6.40. The van der Waals surface area contributed by atoms with Crippen molar-refractivity contribution in [2.24, 2.45) is 0 Å². The maximum atomic E-state index is 13.5. The number of methoxy groups -OCH3 is 1. The highest BCUT2D eigenvalue weighted by atomic mass is 35.5. The van der Waals surface area contributed by atoms with Crippen molar-refractivity contribution in [2.75, 3.05) is 7.11 Å². The molecule has 3 unspecified atom stereocenters. The molecule has 1 aliphatic rings. The number of nitrogens with one attached hydrogen (secondary N) is 1. The first kappa shape index (κ1) is 15.0. The van der Waals surface area contributed by atoms with Gasteiger partial charge in [0.05, 0.1) is 11.1 Å². The van der Waals surface area contributed by atoms with Gasteiger partial charge in [0, 0.05) is 29.8 Å². The van der Waals surface area contributed by atoms with Crippen LogP contribution in [0.15, 0.2) is 12.1 Å². The van der Waals surface area contributed by atoms with Gasteiger partial charge < -0.3 is 10.1 Å². The zero-order valence-corrected chi connectivity index (χ0v) is 12.6. The number of hydrogen-bond donors (Lipinski definition) is 1. The monoisotopic (exact) mass is 305 g/mol. The Balaban J connectivity index is 2.16. The smallest absolute Gasteiger partial charge is 0.142 e. The maximum Gasteiger partial charge on any atom is 0.142 e. The SMILES string of the molecule is COC1CCCC1NC(C)c1c(Cl)ccc(F)c1Cl. The lowest BCUT2D eigenvalue weighted by atomic mass is 10.1. The van der Waals surface area contributed by atoms with Crippen LogP contribution in [-0.2, 0) is 4.74 Å². The molecular formula is C14H18Cl2FNO. The summed E-state index contributed by atoms with van der Waals surface area (Å²) in [7, 11) is 1.72. The summed E-state index contributed by atoms with van der Waals surface area (Å²) < 4.78 is 19.0.